The molecule has 5 nitrogen and oxygen atoms in total. The lowest BCUT2D eigenvalue weighted by Gasteiger charge is -2.40. The lowest BCUT2D eigenvalue weighted by molar-refractivity contribution is -0.863. The number of carbonyl (C=O) groups is 1. The van der Waals surface area contributed by atoms with E-state index in [1.807, 2.05) is 82.5 Å². The van der Waals surface area contributed by atoms with Crippen LogP contribution >= 0.6 is 0 Å². The molecule has 1 unspecified atom stereocenters. The highest BCUT2D eigenvalue weighted by Crippen LogP contribution is 2.50. The van der Waals surface area contributed by atoms with Gasteiger partial charge in [0, 0.05) is 24.1 Å². The van der Waals surface area contributed by atoms with E-state index >= 15 is 4.39 Å². The van der Waals surface area contributed by atoms with Crippen molar-refractivity contribution in [2.45, 2.75) is 71.1 Å². The van der Waals surface area contributed by atoms with Gasteiger partial charge < -0.3 is 4.74 Å². The third-order valence-corrected chi connectivity index (χ3v) is 8.10. The first-order chi connectivity index (χ1) is 18.9. The molecule has 3 atom stereocenters. The van der Waals surface area contributed by atoms with Crippen molar-refractivity contribution >= 4 is 5.97 Å². The molecule has 6 rings (SSSR count). The molecule has 0 fully saturated rings. The Morgan fingerprint density at radius 2 is 1.69 bits per heavy atom. The molecule has 0 saturated carbocycles. The van der Waals surface area contributed by atoms with Crippen molar-refractivity contribution in [1.82, 2.24) is 4.57 Å². The maximum atomic E-state index is 15.4. The summed E-state index contributed by atoms with van der Waals surface area (Å²) in [6.07, 6.45) is 9.56. The minimum Gasteiger partial charge on any atom is -0.390 e. The number of cyclic esters (lactones) is 1. The van der Waals surface area contributed by atoms with Gasteiger partial charge in [-0.25, -0.2) is 18.1 Å². The normalized spacial score (nSPS) is 20.8. The van der Waals surface area contributed by atoms with Crippen LogP contribution in [-0.2, 0) is 10.3 Å². The maximum Gasteiger partial charge on any atom is 0.408 e. The molecule has 0 saturated heterocycles. The highest BCUT2D eigenvalue weighted by molar-refractivity contribution is 5.86. The van der Waals surface area contributed by atoms with E-state index in [0.29, 0.717) is 29.1 Å². The third-order valence-electron chi connectivity index (χ3n) is 8.10. The molecule has 0 spiro atoms. The molecule has 0 radical (unpaired) electrons. The Kier molecular flexibility index (Phi) is 7.34. The summed E-state index contributed by atoms with van der Waals surface area (Å²) >= 11 is 0. The molecule has 4 heterocycles. The monoisotopic (exact) mass is 531 g/mol. The molecule has 202 valence electrons. The minimum atomic E-state index is -0.824. The van der Waals surface area contributed by atoms with Gasteiger partial charge in [0.1, 0.15) is 35.3 Å². The maximum absolute atomic E-state index is 15.4. The standard InChI is InChI=1S/C27H23F2N3O2.C5H12/c1-3-27(26-31-12-8-7-11-22(31)25(33)34-26)17(2)20-15-18(28)16-21(29)23(20)24-30(13-14-32(24)27)19-9-5-4-6-10-19;1-3-5-4-2/h4-17,26H,3H2,1-2H3;3-5H2,1-2H3/q+2;/t17?,26-,27-;/m1./s1. The summed E-state index contributed by atoms with van der Waals surface area (Å²) in [4.78, 5) is 12.8. The Balaban J connectivity index is 0.000000567. The topological polar surface area (TPSA) is 39.0 Å². The Morgan fingerprint density at radius 1 is 0.974 bits per heavy atom. The van der Waals surface area contributed by atoms with Gasteiger partial charge in [-0.2, -0.15) is 4.57 Å². The summed E-state index contributed by atoms with van der Waals surface area (Å²) in [6, 6.07) is 17.3. The van der Waals surface area contributed by atoms with Gasteiger partial charge in [-0.1, -0.05) is 65.2 Å². The van der Waals surface area contributed by atoms with E-state index in [1.165, 1.54) is 25.3 Å². The van der Waals surface area contributed by atoms with Crippen LogP contribution in [0.4, 0.5) is 8.78 Å². The van der Waals surface area contributed by atoms with Gasteiger partial charge in [0.25, 0.3) is 11.5 Å². The summed E-state index contributed by atoms with van der Waals surface area (Å²) in [6.45, 7) is 8.39. The number of benzene rings is 2. The molecular weight excluding hydrogens is 496 g/mol. The van der Waals surface area contributed by atoms with Gasteiger partial charge in [-0.05, 0) is 36.2 Å². The quantitative estimate of drug-likeness (QED) is 0.210. The van der Waals surface area contributed by atoms with E-state index in [4.69, 9.17) is 4.74 Å². The average molecular weight is 532 g/mol. The van der Waals surface area contributed by atoms with Crippen LogP contribution < -0.4 is 9.13 Å². The zero-order valence-electron chi connectivity index (χ0n) is 22.9. The summed E-state index contributed by atoms with van der Waals surface area (Å²) in [7, 11) is 0. The van der Waals surface area contributed by atoms with Crippen molar-refractivity contribution in [3.63, 3.8) is 0 Å². The zero-order valence-corrected chi connectivity index (χ0v) is 22.9. The lowest BCUT2D eigenvalue weighted by atomic mass is 9.72. The number of unbranched alkanes of at least 4 members (excludes halogenated alkanes) is 2. The van der Waals surface area contributed by atoms with Crippen LogP contribution in [0.5, 0.6) is 0 Å². The van der Waals surface area contributed by atoms with Gasteiger partial charge in [-0.3, -0.25) is 0 Å². The second kappa shape index (κ2) is 10.7. The van der Waals surface area contributed by atoms with E-state index in [-0.39, 0.29) is 5.92 Å². The summed E-state index contributed by atoms with van der Waals surface area (Å²) in [5.74, 6) is -1.44. The molecule has 2 aromatic carbocycles. The highest BCUT2D eigenvalue weighted by Gasteiger charge is 2.64. The molecular formula is C32H35F2N3O2+2. The lowest BCUT2D eigenvalue weighted by Crippen LogP contribution is -2.69. The van der Waals surface area contributed by atoms with Crippen molar-refractivity contribution in [1.29, 1.82) is 0 Å². The van der Waals surface area contributed by atoms with E-state index in [2.05, 4.69) is 13.8 Å². The van der Waals surface area contributed by atoms with Gasteiger partial charge in [0.05, 0.1) is 0 Å². The van der Waals surface area contributed by atoms with E-state index in [0.717, 1.165) is 11.8 Å². The van der Waals surface area contributed by atoms with E-state index in [9.17, 15) is 9.18 Å². The number of rotatable bonds is 5. The second-order valence-electron chi connectivity index (χ2n) is 10.2. The molecule has 2 aromatic heterocycles. The van der Waals surface area contributed by atoms with E-state index in [1.54, 1.807) is 12.1 Å². The number of hydrogen-bond donors (Lipinski definition) is 0. The fourth-order valence-corrected chi connectivity index (χ4v) is 6.15. The predicted octanol–water partition coefficient (Wildman–Crippen LogP) is 6.79. The van der Waals surface area contributed by atoms with Crippen LogP contribution in [0, 0.1) is 11.6 Å². The Bertz CT molecular complexity index is 1500. The molecule has 0 N–H and O–H groups in total. The fourth-order valence-electron chi connectivity index (χ4n) is 6.15. The van der Waals surface area contributed by atoms with E-state index < -0.39 is 29.4 Å². The number of carbonyl (C=O) groups excluding carboxylic acids is 1. The molecule has 39 heavy (non-hydrogen) atoms. The number of hydrogen-bond acceptors (Lipinski definition) is 2. The smallest absolute Gasteiger partial charge is 0.390 e. The first-order valence-electron chi connectivity index (χ1n) is 13.8. The van der Waals surface area contributed by atoms with Crippen molar-refractivity contribution in [3.8, 4) is 17.1 Å². The largest absolute Gasteiger partial charge is 0.408 e. The number of imidazole rings is 1. The van der Waals surface area contributed by atoms with Crippen LogP contribution in [0.1, 0.15) is 81.6 Å². The van der Waals surface area contributed by atoms with Gasteiger partial charge in [-0.15, -0.1) is 4.57 Å². The first kappa shape index (κ1) is 26.7. The number of fused-ring (bicyclic) bond motifs is 4. The molecule has 2 aliphatic rings. The third kappa shape index (κ3) is 4.24. The summed E-state index contributed by atoms with van der Waals surface area (Å²) in [5, 5.41) is 0. The van der Waals surface area contributed by atoms with Crippen molar-refractivity contribution in [2.24, 2.45) is 0 Å². The zero-order chi connectivity index (χ0) is 27.7. The predicted molar refractivity (Wildman–Crippen MR) is 144 cm³/mol. The van der Waals surface area contributed by atoms with Crippen LogP contribution in [-0.4, -0.2) is 10.5 Å². The number of ether oxygens (including phenoxy) is 1. The van der Waals surface area contributed by atoms with Crippen LogP contribution in [0.25, 0.3) is 17.1 Å². The van der Waals surface area contributed by atoms with Crippen molar-refractivity contribution in [2.75, 3.05) is 0 Å². The average Bonchev–Trinajstić information content (AvgIpc) is 3.53. The number of nitrogens with zero attached hydrogens (tertiary/aromatic N) is 3. The van der Waals surface area contributed by atoms with Gasteiger partial charge in [0.15, 0.2) is 6.20 Å². The van der Waals surface area contributed by atoms with Crippen molar-refractivity contribution in [3.05, 3.63) is 102 Å². The van der Waals surface area contributed by atoms with Crippen molar-refractivity contribution < 1.29 is 27.4 Å². The molecule has 2 aliphatic heterocycles. The Morgan fingerprint density at radius 3 is 2.36 bits per heavy atom. The second-order valence-corrected chi connectivity index (χ2v) is 10.2. The minimum absolute atomic E-state index is 0.356. The number of aromatic nitrogens is 3. The number of halogens is 2. The molecule has 0 bridgehead atoms. The molecule has 4 aromatic rings. The molecule has 0 amide bonds. The molecule has 0 aliphatic carbocycles. The summed E-state index contributed by atoms with van der Waals surface area (Å²) in [5.41, 5.74) is 1.39. The first-order valence-corrected chi connectivity index (χ1v) is 13.8. The summed E-state index contributed by atoms with van der Waals surface area (Å²) < 4.78 is 41.7. The SMILES string of the molecule is CCCCC.CC[C@]1([C@H]2OC(=O)c3cccc[n+]32)C(C)c2cc(F)cc(F)c2-c2n(-c3ccccc3)cc[n+]21. The van der Waals surface area contributed by atoms with Gasteiger partial charge in [0.2, 0.25) is 5.54 Å². The van der Waals surface area contributed by atoms with Crippen LogP contribution in [0.15, 0.2) is 79.3 Å². The highest BCUT2D eigenvalue weighted by atomic mass is 19.1. The number of para-hydroxylation sites is 1. The van der Waals surface area contributed by atoms with Gasteiger partial charge >= 0.3 is 12.2 Å². The number of pyridine rings is 1. The van der Waals surface area contributed by atoms with Crippen LogP contribution in [0.3, 0.4) is 0 Å². The fraction of sp³-hybridized carbons (Fsp3) is 0.344. The Hall–Kier alpha value is -3.87. The molecule has 7 heteroatoms. The number of esters is 1. The van der Waals surface area contributed by atoms with Crippen LogP contribution in [0.2, 0.25) is 0 Å². The Labute approximate surface area is 228 Å².